The topological polar surface area (TPSA) is 75.6 Å². The Morgan fingerprint density at radius 2 is 1.78 bits per heavy atom. The molecule has 7 nitrogen and oxygen atoms in total. The molecule has 2 N–H and O–H groups in total. The van der Waals surface area contributed by atoms with Crippen LogP contribution in [0.1, 0.15) is 18.5 Å². The van der Waals surface area contributed by atoms with Crippen LogP contribution >= 0.6 is 0 Å². The van der Waals surface area contributed by atoms with Gasteiger partial charge in [-0.2, -0.15) is 13.2 Å². The van der Waals surface area contributed by atoms with Crippen LogP contribution < -0.4 is 15.4 Å². The summed E-state index contributed by atoms with van der Waals surface area (Å²) < 4.78 is 70.7. The van der Waals surface area contributed by atoms with Crippen LogP contribution in [0.2, 0.25) is 0 Å². The van der Waals surface area contributed by atoms with E-state index in [1.54, 1.807) is 29.2 Å². The number of sulfone groups is 1. The van der Waals surface area contributed by atoms with Gasteiger partial charge in [-0.3, -0.25) is 0 Å². The Balaban J connectivity index is 1.57. The van der Waals surface area contributed by atoms with Crippen molar-refractivity contribution in [2.24, 2.45) is 0 Å². The van der Waals surface area contributed by atoms with Gasteiger partial charge < -0.3 is 24.8 Å². The molecule has 1 aliphatic heterocycles. The molecule has 1 aromatic heterocycles. The summed E-state index contributed by atoms with van der Waals surface area (Å²) in [5, 5.41) is 5.71. The van der Waals surface area contributed by atoms with Gasteiger partial charge in [-0.15, -0.1) is 0 Å². The van der Waals surface area contributed by atoms with E-state index in [0.29, 0.717) is 54.0 Å². The van der Waals surface area contributed by atoms with Crippen molar-refractivity contribution in [1.29, 1.82) is 0 Å². The molecule has 4 rings (SSSR count). The number of alkyl halides is 3. The fourth-order valence-corrected chi connectivity index (χ4v) is 5.45. The number of nitrogens with zero attached hydrogens (tertiary/aromatic N) is 2. The van der Waals surface area contributed by atoms with Crippen LogP contribution in [0.25, 0.3) is 10.9 Å². The number of nitrogens with one attached hydrogen (secondary N) is 2. The lowest BCUT2D eigenvalue weighted by Crippen LogP contribution is -2.55. The van der Waals surface area contributed by atoms with Gasteiger partial charge in [0.2, 0.25) is 0 Å². The number of methoxy groups -OCH3 is 1. The summed E-state index contributed by atoms with van der Waals surface area (Å²) in [4.78, 5) is 1.88. The molecule has 14 heteroatoms. The fraction of sp³-hybridized carbons (Fsp3) is 0.407. The van der Waals surface area contributed by atoms with Crippen molar-refractivity contribution in [2.75, 3.05) is 43.6 Å². The third-order valence-electron chi connectivity index (χ3n) is 6.87. The highest BCUT2D eigenvalue weighted by molar-refractivity contribution is 7.90. The Bertz CT molecular complexity index is 1570. The van der Waals surface area contributed by atoms with E-state index >= 15 is 0 Å². The molecular weight excluding hydrogens is 550 g/mol. The first-order chi connectivity index (χ1) is 19.2. The van der Waals surface area contributed by atoms with E-state index < -0.39 is 27.8 Å². The van der Waals surface area contributed by atoms with Crippen molar-refractivity contribution in [1.82, 2.24) is 9.47 Å². The van der Waals surface area contributed by atoms with E-state index in [2.05, 4.69) is 22.5 Å². The first kappa shape index (κ1) is 30.8. The molecule has 6 radical (unpaired) electrons. The van der Waals surface area contributed by atoms with Crippen molar-refractivity contribution in [3.05, 3.63) is 48.2 Å². The van der Waals surface area contributed by atoms with Crippen molar-refractivity contribution in [2.45, 2.75) is 41.7 Å². The van der Waals surface area contributed by atoms with Gasteiger partial charge in [0.25, 0.3) is 0 Å². The van der Waals surface area contributed by atoms with E-state index in [0.717, 1.165) is 10.8 Å². The lowest BCUT2D eigenvalue weighted by molar-refractivity contribution is -0.140. The van der Waals surface area contributed by atoms with Gasteiger partial charge in [0.15, 0.2) is 9.84 Å². The summed E-state index contributed by atoms with van der Waals surface area (Å²) in [6, 6.07) is 11.3. The number of ether oxygens (including phenoxy) is 1. The Morgan fingerprint density at radius 3 is 2.39 bits per heavy atom. The van der Waals surface area contributed by atoms with Gasteiger partial charge in [0, 0.05) is 29.4 Å². The molecule has 0 saturated carbocycles. The summed E-state index contributed by atoms with van der Waals surface area (Å²) in [7, 11) is 15.4. The maximum absolute atomic E-state index is 13.6. The number of anilines is 2. The molecule has 41 heavy (non-hydrogen) atoms. The number of piperidine rings is 1. The lowest BCUT2D eigenvalue weighted by atomic mass is 9.48. The van der Waals surface area contributed by atoms with Crippen LogP contribution in [-0.2, 0) is 16.4 Å². The molecule has 2 heterocycles. The summed E-state index contributed by atoms with van der Waals surface area (Å²) in [6.07, 6.45) is -1.94. The molecule has 0 amide bonds. The van der Waals surface area contributed by atoms with Crippen LogP contribution in [0, 0.1) is 11.8 Å². The monoisotopic (exact) mass is 578 g/mol. The van der Waals surface area contributed by atoms with Crippen molar-refractivity contribution in [3.63, 3.8) is 0 Å². The third kappa shape index (κ3) is 7.77. The fourth-order valence-electron chi connectivity index (χ4n) is 4.82. The Hall–Kier alpha value is -3.17. The lowest BCUT2D eigenvalue weighted by Gasteiger charge is -2.42. The number of benzene rings is 2. The summed E-state index contributed by atoms with van der Waals surface area (Å²) >= 11 is 0. The highest BCUT2D eigenvalue weighted by atomic mass is 32.2. The smallest absolute Gasteiger partial charge is 0.406 e. The molecule has 0 spiro atoms. The quantitative estimate of drug-likeness (QED) is 0.317. The second-order valence-electron chi connectivity index (χ2n) is 10.1. The number of rotatable bonds is 8. The molecule has 0 atom stereocenters. The normalized spacial score (nSPS) is 15.3. The van der Waals surface area contributed by atoms with Crippen molar-refractivity contribution < 1.29 is 26.3 Å². The van der Waals surface area contributed by atoms with Gasteiger partial charge in [0.05, 0.1) is 59.0 Å². The van der Waals surface area contributed by atoms with Gasteiger partial charge in [-0.1, -0.05) is 17.2 Å². The van der Waals surface area contributed by atoms with Crippen LogP contribution in [-0.4, -0.2) is 91.9 Å². The molecular formula is C27H28B3F3N4O3S. The highest BCUT2D eigenvalue weighted by Crippen LogP contribution is 2.32. The second kappa shape index (κ2) is 12.0. The van der Waals surface area contributed by atoms with Gasteiger partial charge in [-0.25, -0.2) is 8.42 Å². The Kier molecular flexibility index (Phi) is 9.00. The molecule has 1 aliphatic rings. The van der Waals surface area contributed by atoms with Gasteiger partial charge in [-0.05, 0) is 62.2 Å². The average molecular weight is 578 g/mol. The third-order valence-corrected chi connectivity index (χ3v) is 7.98. The minimum Gasteiger partial charge on any atom is -0.495 e. The standard InChI is InChI=1S/C27H28B3F3N4O3S/c1-40-25-16-20(41(2,38)39)8-9-23(25)34-12-4-5-19-15-21-22(6-3-7-24(21)37(19)17-26(31,32)33)35-18-10-13-36(14-11-18)27(28,29)30/h3,6-9,15-16,18,34-35H,10-14,17H2,1-2H3. The van der Waals surface area contributed by atoms with Crippen LogP contribution in [0.5, 0.6) is 5.75 Å². The first-order valence-electron chi connectivity index (χ1n) is 12.8. The van der Waals surface area contributed by atoms with Crippen LogP contribution in [0.3, 0.4) is 0 Å². The van der Waals surface area contributed by atoms with Gasteiger partial charge >= 0.3 is 6.18 Å². The summed E-state index contributed by atoms with van der Waals surface area (Å²) in [6.45, 7) is 0.0499. The van der Waals surface area contributed by atoms with E-state index in [1.165, 1.54) is 19.2 Å². The largest absolute Gasteiger partial charge is 0.495 e. The number of aromatic nitrogens is 1. The van der Waals surface area contributed by atoms with E-state index in [-0.39, 0.29) is 23.2 Å². The minimum atomic E-state index is -4.45. The zero-order valence-electron chi connectivity index (χ0n) is 22.8. The van der Waals surface area contributed by atoms with E-state index in [4.69, 9.17) is 28.3 Å². The highest BCUT2D eigenvalue weighted by Gasteiger charge is 2.30. The Morgan fingerprint density at radius 1 is 1.07 bits per heavy atom. The maximum Gasteiger partial charge on any atom is 0.406 e. The Labute approximate surface area is 242 Å². The number of hydrogen-bond acceptors (Lipinski definition) is 6. The molecule has 1 saturated heterocycles. The summed E-state index contributed by atoms with van der Waals surface area (Å²) in [5.41, 5.74) is 1.82. The second-order valence-corrected chi connectivity index (χ2v) is 12.1. The first-order valence-corrected chi connectivity index (χ1v) is 14.7. The molecule has 0 unspecified atom stereocenters. The number of likely N-dealkylation sites (tertiary alicyclic amines) is 1. The molecule has 210 valence electrons. The van der Waals surface area contributed by atoms with Crippen molar-refractivity contribution >= 4 is 55.7 Å². The molecule has 2 aromatic carbocycles. The number of fused-ring (bicyclic) bond motifs is 1. The molecule has 1 fully saturated rings. The number of halogens is 3. The van der Waals surface area contributed by atoms with E-state index in [9.17, 15) is 21.6 Å². The average Bonchev–Trinajstić information content (AvgIpc) is 3.22. The maximum atomic E-state index is 13.6. The zero-order valence-corrected chi connectivity index (χ0v) is 23.6. The van der Waals surface area contributed by atoms with E-state index in [1.807, 2.05) is 6.07 Å². The molecule has 3 aromatic rings. The SMILES string of the molecule is [B]C([B])([B])N1CCC(Nc2cccc3c2cc(C#CCNc2ccc(S(C)(=O)=O)cc2OC)n3CC(F)(F)F)CC1. The van der Waals surface area contributed by atoms with Crippen LogP contribution in [0.15, 0.2) is 47.4 Å². The minimum absolute atomic E-state index is 0.0629. The molecule has 0 aliphatic carbocycles. The number of hydrogen-bond donors (Lipinski definition) is 2. The van der Waals surface area contributed by atoms with Gasteiger partial charge in [0.1, 0.15) is 12.3 Å². The van der Waals surface area contributed by atoms with Crippen LogP contribution in [0.4, 0.5) is 24.5 Å². The predicted molar refractivity (Wildman–Crippen MR) is 158 cm³/mol. The predicted octanol–water partition coefficient (Wildman–Crippen LogP) is 3.07. The zero-order chi connectivity index (χ0) is 30.0. The van der Waals surface area contributed by atoms with Crippen molar-refractivity contribution in [3.8, 4) is 17.6 Å². The molecule has 0 bridgehead atoms. The summed E-state index contributed by atoms with van der Waals surface area (Å²) in [5.74, 6) is 6.03.